The lowest BCUT2D eigenvalue weighted by atomic mass is 10.1. The van der Waals surface area contributed by atoms with Crippen molar-refractivity contribution in [3.8, 4) is 11.1 Å². The van der Waals surface area contributed by atoms with Gasteiger partial charge >= 0.3 is 0 Å². The monoisotopic (exact) mass is 213 g/mol. The second-order valence-corrected chi connectivity index (χ2v) is 3.54. The first-order valence-electron chi connectivity index (χ1n) is 4.88. The maximum atomic E-state index is 13.1. The molecule has 2 aromatic heterocycles. The smallest absolute Gasteiger partial charge is 0.123 e. The van der Waals surface area contributed by atoms with Crippen molar-refractivity contribution in [1.29, 1.82) is 0 Å². The van der Waals surface area contributed by atoms with Crippen LogP contribution in [0.1, 0.15) is 0 Å². The van der Waals surface area contributed by atoms with Gasteiger partial charge in [-0.05, 0) is 23.8 Å². The van der Waals surface area contributed by atoms with Gasteiger partial charge in [0.05, 0.1) is 11.7 Å². The van der Waals surface area contributed by atoms with Gasteiger partial charge in [-0.1, -0.05) is 12.1 Å². The Hall–Kier alpha value is -2.23. The summed E-state index contributed by atoms with van der Waals surface area (Å²) in [7, 11) is 0. The van der Waals surface area contributed by atoms with Gasteiger partial charge in [-0.15, -0.1) is 0 Å². The topological polar surface area (TPSA) is 41.6 Å². The van der Waals surface area contributed by atoms with Crippen LogP contribution in [-0.4, -0.2) is 15.2 Å². The predicted molar refractivity (Wildman–Crippen MR) is 59.3 cm³/mol. The normalized spacial score (nSPS) is 10.8. The van der Waals surface area contributed by atoms with Gasteiger partial charge in [0.1, 0.15) is 11.3 Å². The van der Waals surface area contributed by atoms with Crippen molar-refractivity contribution in [2.75, 3.05) is 0 Å². The molecule has 0 bridgehead atoms. The maximum absolute atomic E-state index is 13.1. The third-order valence-corrected chi connectivity index (χ3v) is 2.45. The average Bonchev–Trinajstić information content (AvgIpc) is 2.75. The Labute approximate surface area is 91.0 Å². The van der Waals surface area contributed by atoms with Crippen molar-refractivity contribution in [3.05, 3.63) is 48.5 Å². The summed E-state index contributed by atoms with van der Waals surface area (Å²) >= 11 is 0. The molecular formula is C12H8FN3. The molecule has 0 radical (unpaired) electrons. The van der Waals surface area contributed by atoms with Gasteiger partial charge in [0.25, 0.3) is 0 Å². The number of fused-ring (bicyclic) bond motifs is 1. The first kappa shape index (κ1) is 9.03. The number of pyridine rings is 1. The molecule has 3 nitrogen and oxygen atoms in total. The third kappa shape index (κ3) is 1.44. The SMILES string of the molecule is Fc1cccc(-c2cnc3cn[nH]c3c2)c1. The van der Waals surface area contributed by atoms with E-state index in [-0.39, 0.29) is 5.82 Å². The molecule has 0 aliphatic rings. The molecule has 1 N–H and O–H groups in total. The summed E-state index contributed by atoms with van der Waals surface area (Å²) in [6, 6.07) is 8.35. The number of hydrogen-bond acceptors (Lipinski definition) is 2. The second-order valence-electron chi connectivity index (χ2n) is 3.54. The van der Waals surface area contributed by atoms with Crippen molar-refractivity contribution in [1.82, 2.24) is 15.2 Å². The van der Waals surface area contributed by atoms with Crippen molar-refractivity contribution >= 4 is 11.0 Å². The summed E-state index contributed by atoms with van der Waals surface area (Å²) in [5.41, 5.74) is 3.34. The van der Waals surface area contributed by atoms with E-state index >= 15 is 0 Å². The highest BCUT2D eigenvalue weighted by Crippen LogP contribution is 2.21. The van der Waals surface area contributed by atoms with Gasteiger partial charge in [-0.25, -0.2) is 4.39 Å². The minimum absolute atomic E-state index is 0.248. The highest BCUT2D eigenvalue weighted by Gasteiger charge is 2.02. The van der Waals surface area contributed by atoms with Crippen LogP contribution in [0.4, 0.5) is 4.39 Å². The summed E-state index contributed by atoms with van der Waals surface area (Å²) in [5.74, 6) is -0.248. The quantitative estimate of drug-likeness (QED) is 0.675. The fraction of sp³-hybridized carbons (Fsp3) is 0. The van der Waals surface area contributed by atoms with Crippen LogP contribution in [0.3, 0.4) is 0 Å². The van der Waals surface area contributed by atoms with Crippen LogP contribution in [0.2, 0.25) is 0 Å². The fourth-order valence-corrected chi connectivity index (χ4v) is 1.66. The zero-order valence-corrected chi connectivity index (χ0v) is 8.31. The maximum Gasteiger partial charge on any atom is 0.123 e. The molecule has 3 aromatic rings. The van der Waals surface area contributed by atoms with Crippen molar-refractivity contribution < 1.29 is 4.39 Å². The van der Waals surface area contributed by atoms with E-state index in [1.165, 1.54) is 12.1 Å². The minimum atomic E-state index is -0.248. The Bertz CT molecular complexity index is 645. The van der Waals surface area contributed by atoms with Gasteiger partial charge < -0.3 is 0 Å². The predicted octanol–water partition coefficient (Wildman–Crippen LogP) is 2.76. The summed E-state index contributed by atoms with van der Waals surface area (Å²) in [6.07, 6.45) is 3.37. The number of nitrogens with one attached hydrogen (secondary N) is 1. The first-order chi connectivity index (χ1) is 7.83. The molecule has 1 aromatic carbocycles. The van der Waals surface area contributed by atoms with Gasteiger partial charge in [-0.3, -0.25) is 10.1 Å². The molecular weight excluding hydrogens is 205 g/mol. The molecule has 0 saturated carbocycles. The van der Waals surface area contributed by atoms with Crippen molar-refractivity contribution in [3.63, 3.8) is 0 Å². The Morgan fingerprint density at radius 2 is 2.00 bits per heavy atom. The Morgan fingerprint density at radius 3 is 2.88 bits per heavy atom. The number of nitrogens with zero attached hydrogens (tertiary/aromatic N) is 2. The summed E-state index contributed by atoms with van der Waals surface area (Å²) in [6.45, 7) is 0. The molecule has 3 rings (SSSR count). The number of rotatable bonds is 1. The van der Waals surface area contributed by atoms with E-state index in [0.717, 1.165) is 22.2 Å². The molecule has 2 heterocycles. The highest BCUT2D eigenvalue weighted by molar-refractivity contribution is 5.79. The Balaban J connectivity index is 2.18. The number of H-pyrrole nitrogens is 1. The molecule has 0 unspecified atom stereocenters. The standard InChI is InChI=1S/C12H8FN3/c13-10-3-1-2-8(4-10)9-5-11-12(14-6-9)7-15-16-11/h1-7H,(H,15,16). The molecule has 0 aliphatic heterocycles. The van der Waals surface area contributed by atoms with Crippen molar-refractivity contribution in [2.24, 2.45) is 0 Å². The summed E-state index contributed by atoms with van der Waals surface area (Å²) < 4.78 is 13.1. The highest BCUT2D eigenvalue weighted by atomic mass is 19.1. The lowest BCUT2D eigenvalue weighted by molar-refractivity contribution is 0.628. The summed E-state index contributed by atoms with van der Waals surface area (Å²) in [4.78, 5) is 4.23. The van der Waals surface area contributed by atoms with Crippen LogP contribution in [0, 0.1) is 5.82 Å². The molecule has 0 aliphatic carbocycles. The molecule has 4 heteroatoms. The van der Waals surface area contributed by atoms with Crippen LogP contribution in [0.5, 0.6) is 0 Å². The number of benzene rings is 1. The Morgan fingerprint density at radius 1 is 1.06 bits per heavy atom. The Kier molecular flexibility index (Phi) is 1.93. The summed E-state index contributed by atoms with van der Waals surface area (Å²) in [5, 5.41) is 6.73. The molecule has 0 atom stereocenters. The fourth-order valence-electron chi connectivity index (χ4n) is 1.66. The molecule has 78 valence electrons. The van der Waals surface area contributed by atoms with Gasteiger partial charge in [0.15, 0.2) is 0 Å². The van der Waals surface area contributed by atoms with Gasteiger partial charge in [-0.2, -0.15) is 5.10 Å². The van der Waals surface area contributed by atoms with Gasteiger partial charge in [0.2, 0.25) is 0 Å². The second kappa shape index (κ2) is 3.41. The number of hydrogen-bond donors (Lipinski definition) is 1. The van der Waals surface area contributed by atoms with Crippen LogP contribution in [0.25, 0.3) is 22.2 Å². The number of aromatic amines is 1. The van der Waals surface area contributed by atoms with Gasteiger partial charge in [0, 0.05) is 11.8 Å². The molecule has 0 amide bonds. The lowest BCUT2D eigenvalue weighted by Gasteiger charge is -2.00. The van der Waals surface area contributed by atoms with Crippen LogP contribution in [-0.2, 0) is 0 Å². The zero-order valence-electron chi connectivity index (χ0n) is 8.31. The molecule has 0 fully saturated rings. The number of halogens is 1. The van der Waals surface area contributed by atoms with E-state index < -0.39 is 0 Å². The van der Waals surface area contributed by atoms with E-state index in [9.17, 15) is 4.39 Å². The first-order valence-corrected chi connectivity index (χ1v) is 4.88. The van der Waals surface area contributed by atoms with E-state index in [4.69, 9.17) is 0 Å². The lowest BCUT2D eigenvalue weighted by Crippen LogP contribution is -1.82. The van der Waals surface area contributed by atoms with Crippen LogP contribution in [0.15, 0.2) is 42.7 Å². The minimum Gasteiger partial charge on any atom is -0.276 e. The van der Waals surface area contributed by atoms with E-state index in [1.807, 2.05) is 12.1 Å². The zero-order chi connectivity index (χ0) is 11.0. The molecule has 16 heavy (non-hydrogen) atoms. The van der Waals surface area contributed by atoms with Crippen LogP contribution < -0.4 is 0 Å². The molecule has 0 saturated heterocycles. The largest absolute Gasteiger partial charge is 0.276 e. The van der Waals surface area contributed by atoms with Crippen molar-refractivity contribution in [2.45, 2.75) is 0 Å². The number of aromatic nitrogens is 3. The van der Waals surface area contributed by atoms with E-state index in [0.29, 0.717) is 0 Å². The van der Waals surface area contributed by atoms with E-state index in [1.54, 1.807) is 18.5 Å². The van der Waals surface area contributed by atoms with E-state index in [2.05, 4.69) is 15.2 Å². The molecule has 0 spiro atoms. The third-order valence-electron chi connectivity index (χ3n) is 2.45. The average molecular weight is 213 g/mol. The van der Waals surface area contributed by atoms with Crippen LogP contribution >= 0.6 is 0 Å².